The molecule has 0 spiro atoms. The maximum Gasteiger partial charge on any atom is 0.246 e. The summed E-state index contributed by atoms with van der Waals surface area (Å²) in [6, 6.07) is 5.61. The van der Waals surface area contributed by atoms with Crippen LogP contribution in [0.2, 0.25) is 5.02 Å². The van der Waals surface area contributed by atoms with E-state index in [0.717, 1.165) is 24.2 Å². The van der Waals surface area contributed by atoms with Gasteiger partial charge in [0.15, 0.2) is 11.6 Å². The number of tetrazole rings is 1. The van der Waals surface area contributed by atoms with Crippen LogP contribution in [0.5, 0.6) is 0 Å². The molecule has 0 unspecified atom stereocenters. The van der Waals surface area contributed by atoms with Crippen LogP contribution in [-0.4, -0.2) is 71.7 Å². The molecule has 1 saturated heterocycles. The number of halogens is 1. The molecule has 3 heterocycles. The first kappa shape index (κ1) is 22.1. The molecule has 1 aliphatic heterocycles. The number of nitrogens with zero attached hydrogens (tertiary/aromatic N) is 8. The molecule has 1 amide bonds. The number of benzene rings is 1. The van der Waals surface area contributed by atoms with Crippen LogP contribution in [0.15, 0.2) is 28.8 Å². The Labute approximate surface area is 190 Å². The molecule has 1 atom stereocenters. The summed E-state index contributed by atoms with van der Waals surface area (Å²) in [6.07, 6.45) is 3.43. The van der Waals surface area contributed by atoms with Gasteiger partial charge in [0.2, 0.25) is 11.8 Å². The quantitative estimate of drug-likeness (QED) is 0.519. The van der Waals surface area contributed by atoms with Crippen molar-refractivity contribution in [2.45, 2.75) is 39.9 Å². The van der Waals surface area contributed by atoms with Crippen LogP contribution in [0.25, 0.3) is 6.08 Å². The number of aromatic nitrogens is 6. The summed E-state index contributed by atoms with van der Waals surface area (Å²) >= 11 is 6.18. The maximum atomic E-state index is 12.9. The number of carbonyl (C=O) groups is 1. The van der Waals surface area contributed by atoms with Crippen molar-refractivity contribution in [2.75, 3.05) is 19.6 Å². The number of carbonyl (C=O) groups excluding carboxylic acids is 1. The molecular formula is C21H25ClN8O2. The highest BCUT2D eigenvalue weighted by atomic mass is 35.5. The molecule has 3 aromatic rings. The molecule has 0 radical (unpaired) electrons. The van der Waals surface area contributed by atoms with Gasteiger partial charge in [-0.1, -0.05) is 22.8 Å². The third-order valence-corrected chi connectivity index (χ3v) is 5.53. The lowest BCUT2D eigenvalue weighted by molar-refractivity contribution is -0.130. The molecule has 0 bridgehead atoms. The average molecular weight is 457 g/mol. The lowest BCUT2D eigenvalue weighted by Crippen LogP contribution is -2.53. The summed E-state index contributed by atoms with van der Waals surface area (Å²) in [4.78, 5) is 22.8. The molecule has 0 saturated carbocycles. The highest BCUT2D eigenvalue weighted by molar-refractivity contribution is 6.30. The van der Waals surface area contributed by atoms with Gasteiger partial charge in [-0.3, -0.25) is 9.69 Å². The van der Waals surface area contributed by atoms with Crippen molar-refractivity contribution in [3.05, 3.63) is 58.0 Å². The molecule has 168 valence electrons. The monoisotopic (exact) mass is 456 g/mol. The SMILES string of the molecule is Cc1noc(CN2CCN(C(=O)/C=C/c3ccc(Cl)cc3Cn3nnc(C)n3)[C@H](C)C2)n1. The minimum Gasteiger partial charge on any atom is -0.338 e. The van der Waals surface area contributed by atoms with Crippen molar-refractivity contribution in [2.24, 2.45) is 0 Å². The number of hydrogen-bond acceptors (Lipinski definition) is 8. The maximum absolute atomic E-state index is 12.9. The fourth-order valence-corrected chi connectivity index (χ4v) is 3.97. The van der Waals surface area contributed by atoms with Crippen LogP contribution >= 0.6 is 11.6 Å². The summed E-state index contributed by atoms with van der Waals surface area (Å²) in [5.41, 5.74) is 1.79. The van der Waals surface area contributed by atoms with E-state index in [0.29, 0.717) is 42.2 Å². The average Bonchev–Trinajstić information content (AvgIpc) is 3.34. The van der Waals surface area contributed by atoms with Crippen molar-refractivity contribution in [3.63, 3.8) is 0 Å². The molecular weight excluding hydrogens is 432 g/mol. The standard InChI is InChI=1S/C21H25ClN8O2/c1-14-11-28(13-20-23-15(2)26-32-20)8-9-29(14)21(31)7-5-17-4-6-19(22)10-18(17)12-30-25-16(3)24-27-30/h4-7,10,14H,8-9,11-13H2,1-3H3/b7-5+/t14-/m1/s1. The molecule has 10 nitrogen and oxygen atoms in total. The van der Waals surface area contributed by atoms with Crippen LogP contribution in [0.4, 0.5) is 0 Å². The highest BCUT2D eigenvalue weighted by Gasteiger charge is 2.27. The Kier molecular flexibility index (Phi) is 6.61. The molecule has 0 N–H and O–H groups in total. The van der Waals surface area contributed by atoms with Crippen LogP contribution in [0.3, 0.4) is 0 Å². The minimum absolute atomic E-state index is 0.0265. The van der Waals surface area contributed by atoms with E-state index in [4.69, 9.17) is 16.1 Å². The van der Waals surface area contributed by atoms with E-state index in [-0.39, 0.29) is 11.9 Å². The van der Waals surface area contributed by atoms with Gasteiger partial charge in [-0.05, 0) is 55.3 Å². The number of rotatable bonds is 6. The van der Waals surface area contributed by atoms with Crippen LogP contribution < -0.4 is 0 Å². The molecule has 11 heteroatoms. The van der Waals surface area contributed by atoms with E-state index in [9.17, 15) is 4.79 Å². The molecule has 4 rings (SSSR count). The molecule has 1 aliphatic rings. The van der Waals surface area contributed by atoms with E-state index < -0.39 is 0 Å². The summed E-state index contributed by atoms with van der Waals surface area (Å²) in [6.45, 7) is 8.75. The molecule has 1 fully saturated rings. The zero-order valence-electron chi connectivity index (χ0n) is 18.3. The van der Waals surface area contributed by atoms with E-state index in [1.54, 1.807) is 26.0 Å². The molecule has 32 heavy (non-hydrogen) atoms. The Balaban J connectivity index is 1.40. The Bertz CT molecular complexity index is 1120. The Morgan fingerprint density at radius 2 is 2.09 bits per heavy atom. The normalized spacial score (nSPS) is 17.4. The summed E-state index contributed by atoms with van der Waals surface area (Å²) in [7, 11) is 0. The van der Waals surface area contributed by atoms with Crippen LogP contribution in [0.1, 0.15) is 35.6 Å². The van der Waals surface area contributed by atoms with Crippen molar-refractivity contribution in [3.8, 4) is 0 Å². The van der Waals surface area contributed by atoms with Gasteiger partial charge in [0.05, 0.1) is 13.1 Å². The number of piperazine rings is 1. The van der Waals surface area contributed by atoms with E-state index in [1.165, 1.54) is 4.80 Å². The number of aryl methyl sites for hydroxylation is 2. The Morgan fingerprint density at radius 1 is 1.25 bits per heavy atom. The predicted molar refractivity (Wildman–Crippen MR) is 118 cm³/mol. The van der Waals surface area contributed by atoms with Gasteiger partial charge in [0, 0.05) is 36.8 Å². The first-order chi connectivity index (χ1) is 15.4. The van der Waals surface area contributed by atoms with Gasteiger partial charge in [0.25, 0.3) is 0 Å². The second-order valence-electron chi connectivity index (χ2n) is 7.89. The topological polar surface area (TPSA) is 106 Å². The Morgan fingerprint density at radius 3 is 2.78 bits per heavy atom. The molecule has 1 aromatic carbocycles. The summed E-state index contributed by atoms with van der Waals surface area (Å²) < 4.78 is 5.21. The zero-order valence-corrected chi connectivity index (χ0v) is 19.0. The predicted octanol–water partition coefficient (Wildman–Crippen LogP) is 2.12. The Hall–Kier alpha value is -3.11. The fourth-order valence-electron chi connectivity index (χ4n) is 3.77. The zero-order chi connectivity index (χ0) is 22.7. The fraction of sp³-hybridized carbons (Fsp3) is 0.429. The first-order valence-corrected chi connectivity index (χ1v) is 10.8. The number of amides is 1. The van der Waals surface area contributed by atoms with Gasteiger partial charge >= 0.3 is 0 Å². The minimum atomic E-state index is -0.0265. The summed E-state index contributed by atoms with van der Waals surface area (Å²) in [5, 5.41) is 16.6. The van der Waals surface area contributed by atoms with Gasteiger partial charge in [-0.25, -0.2) is 0 Å². The summed E-state index contributed by atoms with van der Waals surface area (Å²) in [5.74, 6) is 1.80. The molecule has 2 aromatic heterocycles. The van der Waals surface area contributed by atoms with Gasteiger partial charge < -0.3 is 9.42 Å². The smallest absolute Gasteiger partial charge is 0.246 e. The van der Waals surface area contributed by atoms with E-state index in [2.05, 4.69) is 30.5 Å². The van der Waals surface area contributed by atoms with Crippen molar-refractivity contribution in [1.29, 1.82) is 0 Å². The second kappa shape index (κ2) is 9.58. The van der Waals surface area contributed by atoms with Gasteiger partial charge in [-0.15, -0.1) is 10.2 Å². The van der Waals surface area contributed by atoms with Crippen molar-refractivity contribution < 1.29 is 9.32 Å². The second-order valence-corrected chi connectivity index (χ2v) is 8.33. The van der Waals surface area contributed by atoms with Crippen molar-refractivity contribution >= 4 is 23.6 Å². The lowest BCUT2D eigenvalue weighted by atomic mass is 10.1. The largest absolute Gasteiger partial charge is 0.338 e. The van der Waals surface area contributed by atoms with Crippen LogP contribution in [-0.2, 0) is 17.9 Å². The third-order valence-electron chi connectivity index (χ3n) is 5.30. The van der Waals surface area contributed by atoms with Crippen molar-refractivity contribution in [1.82, 2.24) is 40.1 Å². The van der Waals surface area contributed by atoms with Gasteiger partial charge in [-0.2, -0.15) is 9.78 Å². The van der Waals surface area contributed by atoms with Crippen LogP contribution in [0, 0.1) is 13.8 Å². The number of hydrogen-bond donors (Lipinski definition) is 0. The third kappa shape index (κ3) is 5.38. The van der Waals surface area contributed by atoms with Gasteiger partial charge in [0.1, 0.15) is 0 Å². The molecule has 0 aliphatic carbocycles. The van der Waals surface area contributed by atoms with E-state index >= 15 is 0 Å². The lowest BCUT2D eigenvalue weighted by Gasteiger charge is -2.38. The van der Waals surface area contributed by atoms with E-state index in [1.807, 2.05) is 30.0 Å². The first-order valence-electron chi connectivity index (χ1n) is 10.4. The highest BCUT2D eigenvalue weighted by Crippen LogP contribution is 2.19.